The number of hydrogen-bond acceptors (Lipinski definition) is 3. The van der Waals surface area contributed by atoms with E-state index in [1.807, 2.05) is 0 Å². The summed E-state index contributed by atoms with van der Waals surface area (Å²) in [4.78, 5) is 14.7. The molecule has 2 rings (SSSR count). The Balaban J connectivity index is 1.76. The van der Waals surface area contributed by atoms with E-state index in [2.05, 4.69) is 17.9 Å². The minimum absolute atomic E-state index is 0.246. The Kier molecular flexibility index (Phi) is 6.05. The van der Waals surface area contributed by atoms with Crippen LogP contribution in [0.1, 0.15) is 45.4 Å². The van der Waals surface area contributed by atoms with Crippen molar-refractivity contribution in [3.8, 4) is 0 Å². The van der Waals surface area contributed by atoms with Crippen LogP contribution in [0.25, 0.3) is 0 Å². The van der Waals surface area contributed by atoms with Crippen molar-refractivity contribution in [3.05, 3.63) is 11.6 Å². The summed E-state index contributed by atoms with van der Waals surface area (Å²) in [6.45, 7) is 6.76. The molecule has 0 spiro atoms. The van der Waals surface area contributed by atoms with Gasteiger partial charge in [-0.15, -0.1) is 0 Å². The molecule has 1 unspecified atom stereocenters. The van der Waals surface area contributed by atoms with Gasteiger partial charge in [0.2, 0.25) is 0 Å². The van der Waals surface area contributed by atoms with E-state index in [1.165, 1.54) is 19.3 Å². The van der Waals surface area contributed by atoms with E-state index in [1.54, 1.807) is 0 Å². The molecular formula is C16H27NO2. The molecule has 1 saturated heterocycles. The fraction of sp³-hybridized carbons (Fsp3) is 0.812. The van der Waals surface area contributed by atoms with Crippen LogP contribution in [-0.4, -0.2) is 43.5 Å². The van der Waals surface area contributed by atoms with Crippen LogP contribution in [0.15, 0.2) is 11.6 Å². The van der Waals surface area contributed by atoms with E-state index in [9.17, 15) is 4.79 Å². The highest BCUT2D eigenvalue weighted by molar-refractivity contribution is 5.99. The average molecular weight is 265 g/mol. The third kappa shape index (κ3) is 4.43. The summed E-state index contributed by atoms with van der Waals surface area (Å²) >= 11 is 0. The SMILES string of the molecule is CCCCCC=C1CCC(CN2CCOCC2)C1=O. The number of ketones is 1. The summed E-state index contributed by atoms with van der Waals surface area (Å²) in [6.07, 6.45) is 9.08. The number of allylic oxidation sites excluding steroid dienone is 2. The number of carbonyl (C=O) groups is 1. The van der Waals surface area contributed by atoms with Crippen molar-refractivity contribution in [2.75, 3.05) is 32.8 Å². The van der Waals surface area contributed by atoms with Crippen LogP contribution in [0.5, 0.6) is 0 Å². The molecule has 19 heavy (non-hydrogen) atoms. The van der Waals surface area contributed by atoms with Crippen LogP contribution in [0, 0.1) is 5.92 Å². The third-order valence-electron chi connectivity index (χ3n) is 4.23. The minimum atomic E-state index is 0.246. The van der Waals surface area contributed by atoms with Crippen LogP contribution in [0.4, 0.5) is 0 Å². The van der Waals surface area contributed by atoms with Gasteiger partial charge in [0.05, 0.1) is 13.2 Å². The lowest BCUT2D eigenvalue weighted by atomic mass is 10.0. The van der Waals surface area contributed by atoms with Gasteiger partial charge in [0.15, 0.2) is 5.78 Å². The Hall–Kier alpha value is -0.670. The molecule has 2 aliphatic rings. The van der Waals surface area contributed by atoms with Crippen molar-refractivity contribution in [1.29, 1.82) is 0 Å². The van der Waals surface area contributed by atoms with Crippen molar-refractivity contribution in [2.45, 2.75) is 45.4 Å². The molecule has 0 bridgehead atoms. The van der Waals surface area contributed by atoms with Gasteiger partial charge < -0.3 is 4.74 Å². The largest absolute Gasteiger partial charge is 0.379 e. The van der Waals surface area contributed by atoms with Crippen LogP contribution in [0.2, 0.25) is 0 Å². The second-order valence-corrected chi connectivity index (χ2v) is 5.74. The quantitative estimate of drug-likeness (QED) is 0.546. The van der Waals surface area contributed by atoms with Crippen molar-refractivity contribution in [1.82, 2.24) is 4.90 Å². The highest BCUT2D eigenvalue weighted by Crippen LogP contribution is 2.28. The van der Waals surface area contributed by atoms with Gasteiger partial charge in [0, 0.05) is 25.6 Å². The number of carbonyl (C=O) groups excluding carboxylic acids is 1. The summed E-state index contributed by atoms with van der Waals surface area (Å²) in [5.41, 5.74) is 1.11. The monoisotopic (exact) mass is 265 g/mol. The maximum Gasteiger partial charge on any atom is 0.162 e. The van der Waals surface area contributed by atoms with Gasteiger partial charge in [-0.1, -0.05) is 25.8 Å². The zero-order chi connectivity index (χ0) is 13.5. The maximum atomic E-state index is 12.3. The first-order valence-corrected chi connectivity index (χ1v) is 7.84. The summed E-state index contributed by atoms with van der Waals surface area (Å²) in [6, 6.07) is 0. The first-order chi connectivity index (χ1) is 9.31. The topological polar surface area (TPSA) is 29.5 Å². The summed E-state index contributed by atoms with van der Waals surface area (Å²) in [5.74, 6) is 0.665. The number of nitrogens with zero attached hydrogens (tertiary/aromatic N) is 1. The normalized spacial score (nSPS) is 27.3. The summed E-state index contributed by atoms with van der Waals surface area (Å²) in [5, 5.41) is 0. The predicted octanol–water partition coefficient (Wildman–Crippen LogP) is 2.80. The number of ether oxygens (including phenoxy) is 1. The number of Topliss-reactive ketones (excluding diaryl/α,β-unsaturated/α-hetero) is 1. The zero-order valence-corrected chi connectivity index (χ0v) is 12.2. The van der Waals surface area contributed by atoms with E-state index >= 15 is 0 Å². The number of rotatable bonds is 6. The molecule has 0 aromatic heterocycles. The molecule has 3 heteroatoms. The smallest absolute Gasteiger partial charge is 0.162 e. The molecule has 1 aliphatic heterocycles. The predicted molar refractivity (Wildman–Crippen MR) is 77.2 cm³/mol. The van der Waals surface area contributed by atoms with E-state index in [0.717, 1.165) is 57.7 Å². The van der Waals surface area contributed by atoms with Crippen LogP contribution < -0.4 is 0 Å². The Bertz CT molecular complexity index is 319. The highest BCUT2D eigenvalue weighted by atomic mass is 16.5. The molecule has 1 saturated carbocycles. The Morgan fingerprint density at radius 2 is 2.11 bits per heavy atom. The Morgan fingerprint density at radius 1 is 1.32 bits per heavy atom. The minimum Gasteiger partial charge on any atom is -0.379 e. The molecule has 1 aliphatic carbocycles. The first-order valence-electron chi connectivity index (χ1n) is 7.84. The number of unbranched alkanes of at least 4 members (excludes halogenated alkanes) is 3. The molecular weight excluding hydrogens is 238 g/mol. The summed E-state index contributed by atoms with van der Waals surface area (Å²) in [7, 11) is 0. The molecule has 0 amide bonds. The van der Waals surface area contributed by atoms with E-state index in [-0.39, 0.29) is 5.92 Å². The van der Waals surface area contributed by atoms with Gasteiger partial charge in [-0.2, -0.15) is 0 Å². The summed E-state index contributed by atoms with van der Waals surface area (Å²) < 4.78 is 5.35. The maximum absolute atomic E-state index is 12.3. The van der Waals surface area contributed by atoms with Crippen molar-refractivity contribution >= 4 is 5.78 Å². The Labute approximate surface area is 117 Å². The van der Waals surface area contributed by atoms with Gasteiger partial charge in [-0.3, -0.25) is 9.69 Å². The van der Waals surface area contributed by atoms with E-state index in [4.69, 9.17) is 4.74 Å². The van der Waals surface area contributed by atoms with Crippen LogP contribution in [-0.2, 0) is 9.53 Å². The fourth-order valence-electron chi connectivity index (χ4n) is 2.99. The van der Waals surface area contributed by atoms with Gasteiger partial charge in [-0.25, -0.2) is 0 Å². The molecule has 0 aromatic rings. The molecule has 1 heterocycles. The number of morpholine rings is 1. The molecule has 1 atom stereocenters. The first kappa shape index (κ1) is 14.7. The van der Waals surface area contributed by atoms with Gasteiger partial charge in [0.25, 0.3) is 0 Å². The molecule has 0 radical (unpaired) electrons. The highest BCUT2D eigenvalue weighted by Gasteiger charge is 2.30. The van der Waals surface area contributed by atoms with Crippen LogP contribution in [0.3, 0.4) is 0 Å². The van der Waals surface area contributed by atoms with Crippen molar-refractivity contribution in [3.63, 3.8) is 0 Å². The van der Waals surface area contributed by atoms with Crippen LogP contribution >= 0.6 is 0 Å². The van der Waals surface area contributed by atoms with Crippen molar-refractivity contribution in [2.24, 2.45) is 5.92 Å². The Morgan fingerprint density at radius 3 is 2.84 bits per heavy atom. The molecule has 108 valence electrons. The standard InChI is InChI=1S/C16H27NO2/c1-2-3-4-5-6-14-7-8-15(16(14)18)13-17-9-11-19-12-10-17/h6,15H,2-5,7-13H2,1H3. The molecule has 3 nitrogen and oxygen atoms in total. The molecule has 0 N–H and O–H groups in total. The number of hydrogen-bond donors (Lipinski definition) is 0. The lowest BCUT2D eigenvalue weighted by molar-refractivity contribution is -0.118. The molecule has 0 aromatic carbocycles. The molecule has 2 fully saturated rings. The van der Waals surface area contributed by atoms with E-state index in [0.29, 0.717) is 5.78 Å². The lowest BCUT2D eigenvalue weighted by Crippen LogP contribution is -2.40. The van der Waals surface area contributed by atoms with Gasteiger partial charge in [0.1, 0.15) is 0 Å². The second-order valence-electron chi connectivity index (χ2n) is 5.74. The lowest BCUT2D eigenvalue weighted by Gasteiger charge is -2.28. The van der Waals surface area contributed by atoms with Crippen molar-refractivity contribution < 1.29 is 9.53 Å². The zero-order valence-electron chi connectivity index (χ0n) is 12.2. The van der Waals surface area contributed by atoms with E-state index < -0.39 is 0 Å². The third-order valence-corrected chi connectivity index (χ3v) is 4.23. The van der Waals surface area contributed by atoms with Gasteiger partial charge >= 0.3 is 0 Å². The fourth-order valence-corrected chi connectivity index (χ4v) is 2.99. The average Bonchev–Trinajstić information content (AvgIpc) is 2.78. The second kappa shape index (κ2) is 7.81. The van der Waals surface area contributed by atoms with Gasteiger partial charge in [-0.05, 0) is 31.3 Å².